The molecule has 0 saturated carbocycles. The Bertz CT molecular complexity index is 1060. The quantitative estimate of drug-likeness (QED) is 0.645. The maximum atomic E-state index is 13.2. The molecule has 1 saturated heterocycles. The summed E-state index contributed by atoms with van der Waals surface area (Å²) in [4.78, 5) is 21.6. The third-order valence-electron chi connectivity index (χ3n) is 4.85. The Balaban J connectivity index is 1.67. The predicted octanol–water partition coefficient (Wildman–Crippen LogP) is 1.25. The van der Waals surface area contributed by atoms with Gasteiger partial charge >= 0.3 is 0 Å². The lowest BCUT2D eigenvalue weighted by molar-refractivity contribution is -0.119. The summed E-state index contributed by atoms with van der Waals surface area (Å²) in [6, 6.07) is 5.01. The van der Waals surface area contributed by atoms with Gasteiger partial charge in [-0.2, -0.15) is 0 Å². The van der Waals surface area contributed by atoms with E-state index < -0.39 is 9.84 Å². The Kier molecular flexibility index (Phi) is 6.23. The van der Waals surface area contributed by atoms with Crippen LogP contribution in [-0.4, -0.2) is 83.1 Å². The van der Waals surface area contributed by atoms with Crippen LogP contribution in [0.25, 0.3) is 10.2 Å². The van der Waals surface area contributed by atoms with Crippen LogP contribution in [0.4, 0.5) is 5.13 Å². The molecular formula is C19H23N3O6S2. The molecule has 30 heavy (non-hydrogen) atoms. The molecule has 0 radical (unpaired) electrons. The molecule has 0 aliphatic carbocycles. The van der Waals surface area contributed by atoms with Crippen LogP contribution < -0.4 is 4.90 Å². The standard InChI is InChI=1S/C19H23N3O6S2/c1-30(24,25)16-4-2-3-15-17(16)20-19(29-15)22(6-5-21-7-9-26-10-8-21)18(23)14-13-27-11-12-28-14/h2-4,13H,5-12H2,1H3. The van der Waals surface area contributed by atoms with Gasteiger partial charge in [0.15, 0.2) is 15.0 Å². The Morgan fingerprint density at radius 3 is 2.73 bits per heavy atom. The normalized spacial score (nSPS) is 17.8. The first-order chi connectivity index (χ1) is 14.4. The number of thiazole rings is 1. The number of fused-ring (bicyclic) bond motifs is 1. The average Bonchev–Trinajstić information content (AvgIpc) is 3.18. The molecule has 4 rings (SSSR count). The number of amides is 1. The molecule has 2 aliphatic rings. The molecule has 1 fully saturated rings. The van der Waals surface area contributed by atoms with Crippen LogP contribution in [0.5, 0.6) is 0 Å². The van der Waals surface area contributed by atoms with Crippen molar-refractivity contribution < 1.29 is 27.4 Å². The van der Waals surface area contributed by atoms with Gasteiger partial charge in [-0.1, -0.05) is 17.4 Å². The van der Waals surface area contributed by atoms with E-state index >= 15 is 0 Å². The van der Waals surface area contributed by atoms with Crippen LogP contribution >= 0.6 is 11.3 Å². The topological polar surface area (TPSA) is 98.3 Å². The molecule has 0 spiro atoms. The largest absolute Gasteiger partial charge is 0.494 e. The number of nitrogens with zero attached hydrogens (tertiary/aromatic N) is 3. The van der Waals surface area contributed by atoms with Crippen molar-refractivity contribution in [1.82, 2.24) is 9.88 Å². The molecule has 162 valence electrons. The van der Waals surface area contributed by atoms with Crippen molar-refractivity contribution in [2.24, 2.45) is 0 Å². The highest BCUT2D eigenvalue weighted by atomic mass is 32.2. The van der Waals surface area contributed by atoms with Gasteiger partial charge in [0, 0.05) is 32.4 Å². The van der Waals surface area contributed by atoms with E-state index in [0.29, 0.717) is 54.9 Å². The number of morpholine rings is 1. The molecule has 2 aliphatic heterocycles. The summed E-state index contributed by atoms with van der Waals surface area (Å²) in [5.74, 6) is -0.242. The number of sulfone groups is 1. The molecule has 0 N–H and O–H groups in total. The minimum atomic E-state index is -3.45. The Morgan fingerprint density at radius 1 is 1.23 bits per heavy atom. The number of rotatable bonds is 6. The summed E-state index contributed by atoms with van der Waals surface area (Å²) in [6.45, 7) is 4.62. The molecular weight excluding hydrogens is 430 g/mol. The zero-order valence-corrected chi connectivity index (χ0v) is 18.2. The lowest BCUT2D eigenvalue weighted by atomic mass is 10.3. The molecule has 1 aromatic heterocycles. The minimum Gasteiger partial charge on any atom is -0.494 e. The molecule has 2 aromatic rings. The smallest absolute Gasteiger partial charge is 0.298 e. The summed E-state index contributed by atoms with van der Waals surface area (Å²) < 4.78 is 41.1. The SMILES string of the molecule is CS(=O)(=O)c1cccc2sc(N(CCN3CCOCC3)C(=O)C3=COCCO3)nc12. The van der Waals surface area contributed by atoms with Gasteiger partial charge in [-0.15, -0.1) is 0 Å². The van der Waals surface area contributed by atoms with Gasteiger partial charge in [0.1, 0.15) is 25.0 Å². The summed E-state index contributed by atoms with van der Waals surface area (Å²) in [6.07, 6.45) is 2.48. The van der Waals surface area contributed by atoms with E-state index in [1.807, 2.05) is 0 Å². The Morgan fingerprint density at radius 2 is 2.03 bits per heavy atom. The van der Waals surface area contributed by atoms with Crippen LogP contribution in [-0.2, 0) is 28.8 Å². The first-order valence-corrected chi connectivity index (χ1v) is 12.3. The van der Waals surface area contributed by atoms with E-state index in [9.17, 15) is 13.2 Å². The first kappa shape index (κ1) is 21.0. The lowest BCUT2D eigenvalue weighted by Gasteiger charge is -2.29. The van der Waals surface area contributed by atoms with Crippen LogP contribution in [0, 0.1) is 0 Å². The fourth-order valence-corrected chi connectivity index (χ4v) is 5.20. The van der Waals surface area contributed by atoms with Crippen LogP contribution in [0.3, 0.4) is 0 Å². The van der Waals surface area contributed by atoms with E-state index in [1.165, 1.54) is 28.6 Å². The molecule has 0 atom stereocenters. The summed E-state index contributed by atoms with van der Waals surface area (Å²) in [5.41, 5.74) is 0.374. The molecule has 0 bridgehead atoms. The van der Waals surface area contributed by atoms with Gasteiger partial charge in [0.2, 0.25) is 5.76 Å². The number of hydrogen-bond acceptors (Lipinski definition) is 9. The molecule has 1 amide bonds. The number of carbonyl (C=O) groups excluding carboxylic acids is 1. The van der Waals surface area contributed by atoms with Crippen molar-refractivity contribution in [3.63, 3.8) is 0 Å². The highest BCUT2D eigenvalue weighted by Gasteiger charge is 2.28. The minimum absolute atomic E-state index is 0.117. The number of hydrogen-bond donors (Lipinski definition) is 0. The average molecular weight is 454 g/mol. The maximum absolute atomic E-state index is 13.2. The number of para-hydroxylation sites is 1. The number of ether oxygens (including phenoxy) is 3. The fraction of sp³-hybridized carbons (Fsp3) is 0.474. The van der Waals surface area contributed by atoms with Gasteiger partial charge in [0.25, 0.3) is 5.91 Å². The van der Waals surface area contributed by atoms with E-state index in [2.05, 4.69) is 9.88 Å². The Labute approximate surface area is 178 Å². The van der Waals surface area contributed by atoms with Gasteiger partial charge in [-0.25, -0.2) is 13.4 Å². The molecule has 1 aromatic carbocycles. The molecule has 0 unspecified atom stereocenters. The monoisotopic (exact) mass is 453 g/mol. The summed E-state index contributed by atoms with van der Waals surface area (Å²) in [5, 5.41) is 0.425. The lowest BCUT2D eigenvalue weighted by Crippen LogP contribution is -2.44. The third-order valence-corrected chi connectivity index (χ3v) is 7.02. The Hall–Kier alpha value is -2.21. The predicted molar refractivity (Wildman–Crippen MR) is 112 cm³/mol. The molecule has 9 nitrogen and oxygen atoms in total. The van der Waals surface area contributed by atoms with E-state index in [-0.39, 0.29) is 16.6 Å². The zero-order chi connectivity index (χ0) is 21.1. The van der Waals surface area contributed by atoms with Crippen molar-refractivity contribution in [2.45, 2.75) is 4.90 Å². The fourth-order valence-electron chi connectivity index (χ4n) is 3.29. The first-order valence-electron chi connectivity index (χ1n) is 9.59. The number of carbonyl (C=O) groups is 1. The van der Waals surface area contributed by atoms with Crippen molar-refractivity contribution in [1.29, 1.82) is 0 Å². The van der Waals surface area contributed by atoms with Crippen LogP contribution in [0.1, 0.15) is 0 Å². The van der Waals surface area contributed by atoms with Gasteiger partial charge in [-0.3, -0.25) is 14.6 Å². The highest BCUT2D eigenvalue weighted by molar-refractivity contribution is 7.91. The summed E-state index contributed by atoms with van der Waals surface area (Å²) in [7, 11) is -3.45. The van der Waals surface area contributed by atoms with Crippen molar-refractivity contribution in [3.8, 4) is 0 Å². The van der Waals surface area contributed by atoms with Gasteiger partial charge in [0.05, 0.1) is 22.8 Å². The maximum Gasteiger partial charge on any atom is 0.298 e. The van der Waals surface area contributed by atoms with Crippen molar-refractivity contribution in [3.05, 3.63) is 30.2 Å². The number of anilines is 1. The second kappa shape index (κ2) is 8.88. The van der Waals surface area contributed by atoms with Crippen LogP contribution in [0.2, 0.25) is 0 Å². The van der Waals surface area contributed by atoms with Crippen molar-refractivity contribution >= 4 is 42.4 Å². The molecule has 3 heterocycles. The van der Waals surface area contributed by atoms with Crippen molar-refractivity contribution in [2.75, 3.05) is 63.8 Å². The van der Waals surface area contributed by atoms with Gasteiger partial charge < -0.3 is 14.2 Å². The highest BCUT2D eigenvalue weighted by Crippen LogP contribution is 2.33. The second-order valence-corrected chi connectivity index (χ2v) is 9.98. The molecule has 11 heteroatoms. The third kappa shape index (κ3) is 4.59. The number of benzene rings is 1. The van der Waals surface area contributed by atoms with Crippen LogP contribution in [0.15, 0.2) is 35.1 Å². The summed E-state index contributed by atoms with van der Waals surface area (Å²) >= 11 is 1.28. The number of aromatic nitrogens is 1. The van der Waals surface area contributed by atoms with Gasteiger partial charge in [-0.05, 0) is 12.1 Å². The van der Waals surface area contributed by atoms with E-state index in [0.717, 1.165) is 19.3 Å². The van der Waals surface area contributed by atoms with E-state index in [1.54, 1.807) is 12.1 Å². The zero-order valence-electron chi connectivity index (χ0n) is 16.6. The van der Waals surface area contributed by atoms with E-state index in [4.69, 9.17) is 14.2 Å². The second-order valence-electron chi connectivity index (χ2n) is 6.98.